The van der Waals surface area contributed by atoms with Crippen LogP contribution in [0.15, 0.2) is 29.2 Å². The summed E-state index contributed by atoms with van der Waals surface area (Å²) in [7, 11) is 0. The number of amides is 1. The van der Waals surface area contributed by atoms with Gasteiger partial charge in [-0.15, -0.1) is 22.7 Å². The number of nitrogens with zero attached hydrogens (tertiary/aromatic N) is 3. The summed E-state index contributed by atoms with van der Waals surface area (Å²) < 4.78 is 0. The molecule has 3 heterocycles. The minimum atomic E-state index is -0.722. The monoisotopic (exact) mass is 347 g/mol. The Bertz CT molecular complexity index is 777. The second kappa shape index (κ2) is 6.21. The Kier molecular flexibility index (Phi) is 4.27. The number of hydrogen-bond donors (Lipinski definition) is 2. The predicted octanol–water partition coefficient (Wildman–Crippen LogP) is 3.14. The van der Waals surface area contributed by atoms with Gasteiger partial charge in [-0.2, -0.15) is 5.10 Å². The SMILES string of the molecule is C[C@@H](NC(=O)C(C)(C)c1csc(-c2cccs2)n1)c1ncn[nH]1. The maximum Gasteiger partial charge on any atom is 0.232 e. The molecule has 0 aliphatic rings. The van der Waals surface area contributed by atoms with Crippen molar-refractivity contribution >= 4 is 28.6 Å². The Morgan fingerprint density at radius 1 is 1.39 bits per heavy atom. The van der Waals surface area contributed by atoms with Crippen molar-refractivity contribution < 1.29 is 4.79 Å². The molecule has 23 heavy (non-hydrogen) atoms. The fourth-order valence-electron chi connectivity index (χ4n) is 2.06. The van der Waals surface area contributed by atoms with E-state index < -0.39 is 5.41 Å². The summed E-state index contributed by atoms with van der Waals surface area (Å²) >= 11 is 3.20. The number of thiophene rings is 1. The average molecular weight is 347 g/mol. The lowest BCUT2D eigenvalue weighted by Gasteiger charge is -2.23. The zero-order chi connectivity index (χ0) is 16.4. The molecule has 0 saturated carbocycles. The first-order valence-electron chi connectivity index (χ1n) is 7.14. The number of rotatable bonds is 5. The van der Waals surface area contributed by atoms with Crippen molar-refractivity contribution in [3.63, 3.8) is 0 Å². The van der Waals surface area contributed by atoms with E-state index in [1.807, 2.05) is 43.7 Å². The number of aromatic amines is 1. The third-order valence-electron chi connectivity index (χ3n) is 3.64. The Morgan fingerprint density at radius 3 is 2.87 bits per heavy atom. The summed E-state index contributed by atoms with van der Waals surface area (Å²) in [5, 5.41) is 14.5. The van der Waals surface area contributed by atoms with Crippen molar-refractivity contribution in [1.29, 1.82) is 0 Å². The number of carbonyl (C=O) groups excluding carboxylic acids is 1. The van der Waals surface area contributed by atoms with Crippen LogP contribution in [0.25, 0.3) is 9.88 Å². The summed E-state index contributed by atoms with van der Waals surface area (Å²) in [5.41, 5.74) is 0.0495. The maximum absolute atomic E-state index is 12.7. The van der Waals surface area contributed by atoms with Crippen molar-refractivity contribution in [2.75, 3.05) is 0 Å². The smallest absolute Gasteiger partial charge is 0.232 e. The van der Waals surface area contributed by atoms with Gasteiger partial charge in [-0.3, -0.25) is 9.89 Å². The highest BCUT2D eigenvalue weighted by atomic mass is 32.1. The molecule has 0 fully saturated rings. The van der Waals surface area contributed by atoms with Crippen LogP contribution in [0.5, 0.6) is 0 Å². The molecule has 6 nitrogen and oxygen atoms in total. The minimum Gasteiger partial charge on any atom is -0.346 e. The number of carbonyl (C=O) groups is 1. The Hall–Kier alpha value is -2.06. The molecule has 120 valence electrons. The highest BCUT2D eigenvalue weighted by molar-refractivity contribution is 7.20. The van der Waals surface area contributed by atoms with E-state index >= 15 is 0 Å². The Balaban J connectivity index is 1.76. The molecule has 0 aliphatic heterocycles. The third kappa shape index (κ3) is 3.18. The quantitative estimate of drug-likeness (QED) is 0.743. The van der Waals surface area contributed by atoms with Gasteiger partial charge in [-0.05, 0) is 32.2 Å². The van der Waals surface area contributed by atoms with Gasteiger partial charge in [0, 0.05) is 5.38 Å². The third-order valence-corrected chi connectivity index (χ3v) is 5.52. The highest BCUT2D eigenvalue weighted by Gasteiger charge is 2.33. The highest BCUT2D eigenvalue weighted by Crippen LogP contribution is 2.32. The van der Waals surface area contributed by atoms with Crippen LogP contribution in [-0.4, -0.2) is 26.1 Å². The first-order chi connectivity index (χ1) is 11.0. The van der Waals surface area contributed by atoms with Crippen LogP contribution in [0.3, 0.4) is 0 Å². The van der Waals surface area contributed by atoms with Crippen LogP contribution in [0.4, 0.5) is 0 Å². The molecule has 0 unspecified atom stereocenters. The van der Waals surface area contributed by atoms with Crippen molar-refractivity contribution in [3.8, 4) is 9.88 Å². The molecule has 0 radical (unpaired) electrons. The fourth-order valence-corrected chi connectivity index (χ4v) is 3.86. The lowest BCUT2D eigenvalue weighted by atomic mass is 9.88. The number of hydrogen-bond acceptors (Lipinski definition) is 6. The lowest BCUT2D eigenvalue weighted by molar-refractivity contribution is -0.126. The first-order valence-corrected chi connectivity index (χ1v) is 8.90. The molecular formula is C15H17N5OS2. The molecule has 2 N–H and O–H groups in total. The second-order valence-electron chi connectivity index (χ2n) is 5.71. The summed E-state index contributed by atoms with van der Waals surface area (Å²) in [4.78, 5) is 22.5. The van der Waals surface area contributed by atoms with Crippen LogP contribution in [-0.2, 0) is 10.2 Å². The lowest BCUT2D eigenvalue weighted by Crippen LogP contribution is -2.41. The molecule has 3 aromatic heterocycles. The van der Waals surface area contributed by atoms with E-state index in [-0.39, 0.29) is 11.9 Å². The molecule has 3 aromatic rings. The first kappa shape index (κ1) is 15.8. The largest absolute Gasteiger partial charge is 0.346 e. The maximum atomic E-state index is 12.7. The van der Waals surface area contributed by atoms with Gasteiger partial charge in [0.15, 0.2) is 0 Å². The van der Waals surface area contributed by atoms with Gasteiger partial charge in [0.25, 0.3) is 0 Å². The number of aromatic nitrogens is 4. The van der Waals surface area contributed by atoms with E-state index in [0.717, 1.165) is 15.6 Å². The topological polar surface area (TPSA) is 83.6 Å². The average Bonchev–Trinajstić information content (AvgIpc) is 3.25. The van der Waals surface area contributed by atoms with E-state index in [1.54, 1.807) is 22.7 Å². The summed E-state index contributed by atoms with van der Waals surface area (Å²) in [5.74, 6) is 0.538. The molecular weight excluding hydrogens is 330 g/mol. The van der Waals surface area contributed by atoms with E-state index in [9.17, 15) is 4.79 Å². The van der Waals surface area contributed by atoms with Gasteiger partial charge in [0.05, 0.1) is 22.0 Å². The predicted molar refractivity (Wildman–Crippen MR) is 91.4 cm³/mol. The van der Waals surface area contributed by atoms with E-state index in [4.69, 9.17) is 0 Å². The van der Waals surface area contributed by atoms with Crippen LogP contribution >= 0.6 is 22.7 Å². The van der Waals surface area contributed by atoms with E-state index in [2.05, 4.69) is 25.5 Å². The molecule has 8 heteroatoms. The zero-order valence-electron chi connectivity index (χ0n) is 13.0. The Labute approximate surface area is 142 Å². The normalized spacial score (nSPS) is 13.0. The standard InChI is InChI=1S/C15H17N5OS2/c1-9(12-16-8-17-20-12)18-14(21)15(2,3)11-7-23-13(19-11)10-5-4-6-22-10/h4-9H,1-3H3,(H,18,21)(H,16,17,20)/t9-/m1/s1. The van der Waals surface area contributed by atoms with Crippen LogP contribution in [0, 0.1) is 0 Å². The number of nitrogens with one attached hydrogen (secondary N) is 2. The summed E-state index contributed by atoms with van der Waals surface area (Å²) in [6.07, 6.45) is 1.43. The van der Waals surface area contributed by atoms with E-state index in [0.29, 0.717) is 5.82 Å². The van der Waals surface area contributed by atoms with Gasteiger partial charge < -0.3 is 5.32 Å². The van der Waals surface area contributed by atoms with Crippen molar-refractivity contribution in [2.45, 2.75) is 32.2 Å². The van der Waals surface area contributed by atoms with Gasteiger partial charge in [0.1, 0.15) is 17.2 Å². The van der Waals surface area contributed by atoms with Gasteiger partial charge in [0.2, 0.25) is 5.91 Å². The molecule has 0 aliphatic carbocycles. The van der Waals surface area contributed by atoms with Crippen molar-refractivity contribution in [1.82, 2.24) is 25.5 Å². The molecule has 0 saturated heterocycles. The van der Waals surface area contributed by atoms with Gasteiger partial charge >= 0.3 is 0 Å². The van der Waals surface area contributed by atoms with Crippen LogP contribution < -0.4 is 5.32 Å². The number of thiazole rings is 1. The molecule has 0 spiro atoms. The van der Waals surface area contributed by atoms with Gasteiger partial charge in [-0.25, -0.2) is 9.97 Å². The molecule has 0 aromatic carbocycles. The molecule has 0 bridgehead atoms. The fraction of sp³-hybridized carbons (Fsp3) is 0.333. The number of H-pyrrole nitrogens is 1. The van der Waals surface area contributed by atoms with E-state index in [1.165, 1.54) is 6.33 Å². The molecule has 1 atom stereocenters. The molecule has 3 rings (SSSR count). The molecule has 1 amide bonds. The van der Waals surface area contributed by atoms with Gasteiger partial charge in [-0.1, -0.05) is 6.07 Å². The minimum absolute atomic E-state index is 0.0931. The Morgan fingerprint density at radius 2 is 2.22 bits per heavy atom. The zero-order valence-corrected chi connectivity index (χ0v) is 14.7. The van der Waals surface area contributed by atoms with Crippen molar-refractivity contribution in [3.05, 3.63) is 40.7 Å². The van der Waals surface area contributed by atoms with Crippen LogP contribution in [0.1, 0.15) is 38.3 Å². The second-order valence-corrected chi connectivity index (χ2v) is 7.51. The van der Waals surface area contributed by atoms with Crippen LogP contribution in [0.2, 0.25) is 0 Å². The summed E-state index contributed by atoms with van der Waals surface area (Å²) in [6, 6.07) is 3.80. The van der Waals surface area contributed by atoms with Crippen molar-refractivity contribution in [2.24, 2.45) is 0 Å². The summed E-state index contributed by atoms with van der Waals surface area (Å²) in [6.45, 7) is 5.62.